The van der Waals surface area contributed by atoms with Gasteiger partial charge in [0.05, 0.1) is 17.0 Å². The molecule has 0 aliphatic carbocycles. The Kier molecular flexibility index (Phi) is 5.69. The minimum atomic E-state index is 0.0750. The molecule has 1 saturated heterocycles. The standard InChI is InChI=1S/C20H28N4O2/c1-13(2)20(25)24-8-5-6-16(7-9-24)10-17-11-18(22-12-21-17)19-14(3)23-26-15(19)4/h11-13,16H,5-10H2,1-4H3/t16-/m0/s1. The average Bonchev–Trinajstić information content (AvgIpc) is 2.81. The van der Waals surface area contributed by atoms with E-state index >= 15 is 0 Å². The normalized spacial score (nSPS) is 18.2. The highest BCUT2D eigenvalue weighted by Gasteiger charge is 2.23. The zero-order chi connectivity index (χ0) is 18.7. The van der Waals surface area contributed by atoms with Crippen molar-refractivity contribution in [1.82, 2.24) is 20.0 Å². The van der Waals surface area contributed by atoms with E-state index in [1.807, 2.05) is 32.6 Å². The number of carbonyl (C=O) groups excluding carboxylic acids is 1. The molecule has 1 amide bonds. The van der Waals surface area contributed by atoms with Crippen LogP contribution in [-0.4, -0.2) is 39.0 Å². The molecule has 6 heteroatoms. The quantitative estimate of drug-likeness (QED) is 0.837. The van der Waals surface area contributed by atoms with Gasteiger partial charge in [0.25, 0.3) is 0 Å². The van der Waals surface area contributed by atoms with E-state index < -0.39 is 0 Å². The van der Waals surface area contributed by atoms with Gasteiger partial charge in [-0.3, -0.25) is 4.79 Å². The molecule has 1 aliphatic rings. The third kappa shape index (κ3) is 4.11. The smallest absolute Gasteiger partial charge is 0.225 e. The van der Waals surface area contributed by atoms with Gasteiger partial charge in [0, 0.05) is 24.7 Å². The van der Waals surface area contributed by atoms with Gasteiger partial charge in [-0.2, -0.15) is 0 Å². The third-order valence-electron chi connectivity index (χ3n) is 5.16. The van der Waals surface area contributed by atoms with Crippen LogP contribution in [0, 0.1) is 25.7 Å². The summed E-state index contributed by atoms with van der Waals surface area (Å²) in [7, 11) is 0. The van der Waals surface area contributed by atoms with Gasteiger partial charge in [0.1, 0.15) is 12.1 Å². The monoisotopic (exact) mass is 356 g/mol. The van der Waals surface area contributed by atoms with Gasteiger partial charge in [-0.25, -0.2) is 9.97 Å². The van der Waals surface area contributed by atoms with E-state index in [1.165, 1.54) is 0 Å². The number of aromatic nitrogens is 3. The molecule has 3 rings (SSSR count). The van der Waals surface area contributed by atoms with E-state index in [2.05, 4.69) is 21.2 Å². The summed E-state index contributed by atoms with van der Waals surface area (Å²) in [5, 5.41) is 4.02. The van der Waals surface area contributed by atoms with Gasteiger partial charge in [0.2, 0.25) is 5.91 Å². The van der Waals surface area contributed by atoms with Crippen molar-refractivity contribution >= 4 is 5.91 Å². The van der Waals surface area contributed by atoms with Crippen LogP contribution < -0.4 is 0 Å². The Balaban J connectivity index is 1.68. The highest BCUT2D eigenvalue weighted by atomic mass is 16.5. The predicted octanol–water partition coefficient (Wildman–Crippen LogP) is 3.58. The van der Waals surface area contributed by atoms with Crippen LogP contribution in [-0.2, 0) is 11.2 Å². The molecule has 3 heterocycles. The predicted molar refractivity (Wildman–Crippen MR) is 99.5 cm³/mol. The Morgan fingerprint density at radius 1 is 1.27 bits per heavy atom. The lowest BCUT2D eigenvalue weighted by Gasteiger charge is -2.22. The molecule has 1 aliphatic heterocycles. The van der Waals surface area contributed by atoms with Crippen molar-refractivity contribution < 1.29 is 9.32 Å². The van der Waals surface area contributed by atoms with Gasteiger partial charge in [0.15, 0.2) is 0 Å². The first-order valence-electron chi connectivity index (χ1n) is 9.48. The molecule has 0 radical (unpaired) electrons. The number of amides is 1. The molecule has 2 aromatic heterocycles. The number of rotatable bonds is 4. The van der Waals surface area contributed by atoms with Crippen molar-refractivity contribution in [1.29, 1.82) is 0 Å². The molecule has 0 N–H and O–H groups in total. The maximum absolute atomic E-state index is 12.2. The maximum atomic E-state index is 12.2. The third-order valence-corrected chi connectivity index (χ3v) is 5.16. The first kappa shape index (κ1) is 18.5. The summed E-state index contributed by atoms with van der Waals surface area (Å²) in [5.41, 5.74) is 3.73. The number of likely N-dealkylation sites (tertiary alicyclic amines) is 1. The van der Waals surface area contributed by atoms with Crippen molar-refractivity contribution in [2.45, 2.75) is 53.4 Å². The summed E-state index contributed by atoms with van der Waals surface area (Å²) >= 11 is 0. The SMILES string of the molecule is Cc1noc(C)c1-c1cc(C[C@H]2CCCN(C(=O)C(C)C)CC2)ncn1. The van der Waals surface area contributed by atoms with Gasteiger partial charge < -0.3 is 9.42 Å². The molecule has 6 nitrogen and oxygen atoms in total. The highest BCUT2D eigenvalue weighted by Crippen LogP contribution is 2.27. The first-order chi connectivity index (χ1) is 12.5. The fourth-order valence-electron chi connectivity index (χ4n) is 3.75. The molecule has 1 atom stereocenters. The van der Waals surface area contributed by atoms with Gasteiger partial charge in [-0.1, -0.05) is 19.0 Å². The largest absolute Gasteiger partial charge is 0.361 e. The zero-order valence-corrected chi connectivity index (χ0v) is 16.2. The van der Waals surface area contributed by atoms with Crippen LogP contribution in [0.1, 0.15) is 50.3 Å². The lowest BCUT2D eigenvalue weighted by atomic mass is 9.94. The Morgan fingerprint density at radius 2 is 2.08 bits per heavy atom. The molecule has 2 aromatic rings. The number of hydrogen-bond acceptors (Lipinski definition) is 5. The van der Waals surface area contributed by atoms with E-state index in [9.17, 15) is 4.79 Å². The molecule has 0 aromatic carbocycles. The summed E-state index contributed by atoms with van der Waals surface area (Å²) in [6.45, 7) is 9.51. The van der Waals surface area contributed by atoms with Crippen molar-refractivity contribution in [2.75, 3.05) is 13.1 Å². The molecule has 0 unspecified atom stereocenters. The van der Waals surface area contributed by atoms with E-state index in [4.69, 9.17) is 4.52 Å². The van der Waals surface area contributed by atoms with Crippen LogP contribution in [0.15, 0.2) is 16.9 Å². The average molecular weight is 356 g/mol. The fraction of sp³-hybridized carbons (Fsp3) is 0.600. The fourth-order valence-corrected chi connectivity index (χ4v) is 3.75. The van der Waals surface area contributed by atoms with Crippen molar-refractivity contribution in [3.05, 3.63) is 29.5 Å². The topological polar surface area (TPSA) is 72.1 Å². The van der Waals surface area contributed by atoms with Crippen LogP contribution >= 0.6 is 0 Å². The second-order valence-electron chi connectivity index (χ2n) is 7.57. The maximum Gasteiger partial charge on any atom is 0.225 e. The van der Waals surface area contributed by atoms with E-state index in [1.54, 1.807) is 6.33 Å². The van der Waals surface area contributed by atoms with Crippen LogP contribution in [0.4, 0.5) is 0 Å². The molecule has 1 fully saturated rings. The second-order valence-corrected chi connectivity index (χ2v) is 7.57. The lowest BCUT2D eigenvalue weighted by Crippen LogP contribution is -2.35. The number of aryl methyl sites for hydroxylation is 2. The van der Waals surface area contributed by atoms with Crippen LogP contribution in [0.2, 0.25) is 0 Å². The Morgan fingerprint density at radius 3 is 2.77 bits per heavy atom. The van der Waals surface area contributed by atoms with Crippen LogP contribution in [0.3, 0.4) is 0 Å². The minimum absolute atomic E-state index is 0.0750. The van der Waals surface area contributed by atoms with E-state index in [0.717, 1.165) is 67.2 Å². The van der Waals surface area contributed by atoms with Gasteiger partial charge >= 0.3 is 0 Å². The van der Waals surface area contributed by atoms with Gasteiger partial charge in [-0.05, 0) is 51.5 Å². The Bertz CT molecular complexity index is 749. The molecule has 140 valence electrons. The summed E-state index contributed by atoms with van der Waals surface area (Å²) in [5.74, 6) is 1.68. The first-order valence-corrected chi connectivity index (χ1v) is 9.48. The molecule has 0 bridgehead atoms. The minimum Gasteiger partial charge on any atom is -0.361 e. The molecular formula is C20H28N4O2. The lowest BCUT2D eigenvalue weighted by molar-refractivity contribution is -0.134. The van der Waals surface area contributed by atoms with Crippen LogP contribution in [0.5, 0.6) is 0 Å². The Labute approximate surface area is 155 Å². The van der Waals surface area contributed by atoms with Gasteiger partial charge in [-0.15, -0.1) is 0 Å². The van der Waals surface area contributed by atoms with Crippen molar-refractivity contribution in [2.24, 2.45) is 11.8 Å². The summed E-state index contributed by atoms with van der Waals surface area (Å²) in [6, 6.07) is 2.05. The number of carbonyl (C=O) groups is 1. The molecule has 0 spiro atoms. The van der Waals surface area contributed by atoms with E-state index in [0.29, 0.717) is 5.92 Å². The van der Waals surface area contributed by atoms with E-state index in [-0.39, 0.29) is 11.8 Å². The van der Waals surface area contributed by atoms with Crippen LogP contribution in [0.25, 0.3) is 11.3 Å². The molecule has 0 saturated carbocycles. The Hall–Kier alpha value is -2.24. The second kappa shape index (κ2) is 7.98. The zero-order valence-electron chi connectivity index (χ0n) is 16.2. The molecular weight excluding hydrogens is 328 g/mol. The number of hydrogen-bond donors (Lipinski definition) is 0. The highest BCUT2D eigenvalue weighted by molar-refractivity contribution is 5.78. The summed E-state index contributed by atoms with van der Waals surface area (Å²) in [6.07, 6.45) is 5.77. The van der Waals surface area contributed by atoms with Crippen molar-refractivity contribution in [3.63, 3.8) is 0 Å². The molecule has 26 heavy (non-hydrogen) atoms. The summed E-state index contributed by atoms with van der Waals surface area (Å²) in [4.78, 5) is 23.2. The van der Waals surface area contributed by atoms with Crippen molar-refractivity contribution in [3.8, 4) is 11.3 Å². The number of nitrogens with zero attached hydrogens (tertiary/aromatic N) is 4. The summed E-state index contributed by atoms with van der Waals surface area (Å²) < 4.78 is 5.26.